The first-order valence-corrected chi connectivity index (χ1v) is 10.8. The van der Waals surface area contributed by atoms with Crippen molar-refractivity contribution in [2.24, 2.45) is 5.92 Å². The highest BCUT2D eigenvalue weighted by molar-refractivity contribution is 5.89. The number of hydrogen-bond acceptors (Lipinski definition) is 5. The number of nitrogens with one attached hydrogen (secondary N) is 2. The molecule has 0 aliphatic heterocycles. The number of hydrogen-bond donors (Lipinski definition) is 2. The SMILES string of the molecule is COC(=O)[C@H](CC(C)C)NC(=O)[C@@H](C)NC(=O)OCC1c2ccccc2-c2ccccc21. The van der Waals surface area contributed by atoms with Crippen LogP contribution in [0.4, 0.5) is 4.79 Å². The first-order chi connectivity index (χ1) is 15.3. The van der Waals surface area contributed by atoms with Crippen LogP contribution in [0.25, 0.3) is 11.1 Å². The van der Waals surface area contributed by atoms with Gasteiger partial charge in [0.1, 0.15) is 18.7 Å². The molecule has 0 radical (unpaired) electrons. The summed E-state index contributed by atoms with van der Waals surface area (Å²) in [6, 6.07) is 14.5. The van der Waals surface area contributed by atoms with Gasteiger partial charge in [-0.3, -0.25) is 4.79 Å². The second-order valence-corrected chi connectivity index (χ2v) is 8.41. The van der Waals surface area contributed by atoms with Crippen LogP contribution in [0.15, 0.2) is 48.5 Å². The molecular formula is C25H30N2O5. The highest BCUT2D eigenvalue weighted by Gasteiger charge is 2.30. The summed E-state index contributed by atoms with van der Waals surface area (Å²) in [5.74, 6) is -0.869. The highest BCUT2D eigenvalue weighted by atomic mass is 16.5. The van der Waals surface area contributed by atoms with E-state index in [1.165, 1.54) is 7.11 Å². The fraction of sp³-hybridized carbons (Fsp3) is 0.400. The topological polar surface area (TPSA) is 93.7 Å². The smallest absolute Gasteiger partial charge is 0.407 e. The van der Waals surface area contributed by atoms with Crippen LogP contribution in [0.1, 0.15) is 44.2 Å². The van der Waals surface area contributed by atoms with Crippen molar-refractivity contribution in [1.82, 2.24) is 10.6 Å². The normalized spacial score (nSPS) is 14.2. The summed E-state index contributed by atoms with van der Waals surface area (Å²) in [4.78, 5) is 36.8. The van der Waals surface area contributed by atoms with Gasteiger partial charge in [-0.2, -0.15) is 0 Å². The van der Waals surface area contributed by atoms with Crippen molar-refractivity contribution in [3.63, 3.8) is 0 Å². The summed E-state index contributed by atoms with van der Waals surface area (Å²) < 4.78 is 10.2. The van der Waals surface area contributed by atoms with Gasteiger partial charge in [-0.05, 0) is 41.5 Å². The zero-order chi connectivity index (χ0) is 23.3. The van der Waals surface area contributed by atoms with E-state index in [9.17, 15) is 14.4 Å². The molecule has 0 aromatic heterocycles. The Morgan fingerprint density at radius 1 is 0.906 bits per heavy atom. The standard InChI is InChI=1S/C25H30N2O5/c1-15(2)13-22(24(29)31-4)27-23(28)16(3)26-25(30)32-14-21-19-11-7-5-9-17(19)18-10-6-8-12-20(18)21/h5-12,15-16,21-22H,13-14H2,1-4H3,(H,26,30)(H,27,28)/t16-,22+/m1/s1. The van der Waals surface area contributed by atoms with E-state index in [2.05, 4.69) is 22.8 Å². The van der Waals surface area contributed by atoms with E-state index in [0.717, 1.165) is 22.3 Å². The Morgan fingerprint density at radius 3 is 2.00 bits per heavy atom. The first-order valence-electron chi connectivity index (χ1n) is 10.8. The van der Waals surface area contributed by atoms with Gasteiger partial charge in [0.05, 0.1) is 7.11 Å². The number of esters is 1. The van der Waals surface area contributed by atoms with Crippen LogP contribution >= 0.6 is 0 Å². The van der Waals surface area contributed by atoms with Gasteiger partial charge in [0.15, 0.2) is 0 Å². The molecule has 0 unspecified atom stereocenters. The summed E-state index contributed by atoms with van der Waals surface area (Å²) in [6.07, 6.45) is -0.246. The maximum absolute atomic E-state index is 12.5. The third-order valence-corrected chi connectivity index (χ3v) is 5.58. The van der Waals surface area contributed by atoms with E-state index in [1.807, 2.05) is 50.2 Å². The van der Waals surface area contributed by atoms with Crippen LogP contribution in [-0.2, 0) is 19.1 Å². The number of alkyl carbamates (subject to hydrolysis) is 1. The maximum atomic E-state index is 12.5. The predicted molar refractivity (Wildman–Crippen MR) is 121 cm³/mol. The van der Waals surface area contributed by atoms with Gasteiger partial charge in [0.25, 0.3) is 0 Å². The van der Waals surface area contributed by atoms with Crippen molar-refractivity contribution in [2.45, 2.75) is 45.2 Å². The van der Waals surface area contributed by atoms with Gasteiger partial charge >= 0.3 is 12.1 Å². The molecule has 7 heteroatoms. The summed E-state index contributed by atoms with van der Waals surface area (Å²) in [5, 5.41) is 5.19. The number of carbonyl (C=O) groups excluding carboxylic acids is 3. The molecule has 2 amide bonds. The van der Waals surface area contributed by atoms with E-state index in [0.29, 0.717) is 6.42 Å². The largest absolute Gasteiger partial charge is 0.467 e. The average Bonchev–Trinajstić information content (AvgIpc) is 3.10. The Hall–Kier alpha value is -3.35. The molecule has 0 fully saturated rings. The van der Waals surface area contributed by atoms with E-state index >= 15 is 0 Å². The van der Waals surface area contributed by atoms with Crippen molar-refractivity contribution < 1.29 is 23.9 Å². The summed E-state index contributed by atoms with van der Waals surface area (Å²) in [5.41, 5.74) is 4.51. The highest BCUT2D eigenvalue weighted by Crippen LogP contribution is 2.44. The summed E-state index contributed by atoms with van der Waals surface area (Å²) in [7, 11) is 1.28. The van der Waals surface area contributed by atoms with Gasteiger partial charge in [-0.25, -0.2) is 9.59 Å². The van der Waals surface area contributed by atoms with Crippen molar-refractivity contribution in [2.75, 3.05) is 13.7 Å². The first kappa shape index (κ1) is 23.3. The Labute approximate surface area is 188 Å². The van der Waals surface area contributed by atoms with E-state index in [1.54, 1.807) is 6.92 Å². The number of amides is 2. The van der Waals surface area contributed by atoms with Crippen LogP contribution < -0.4 is 10.6 Å². The van der Waals surface area contributed by atoms with Crippen molar-refractivity contribution in [3.8, 4) is 11.1 Å². The Kier molecular flexibility index (Phi) is 7.51. The quantitative estimate of drug-likeness (QED) is 0.614. The van der Waals surface area contributed by atoms with Crippen LogP contribution in [0.5, 0.6) is 0 Å². The number of carbonyl (C=O) groups is 3. The van der Waals surface area contributed by atoms with Crippen LogP contribution in [0.3, 0.4) is 0 Å². The molecule has 2 atom stereocenters. The Balaban J connectivity index is 1.58. The van der Waals surface area contributed by atoms with Crippen molar-refractivity contribution in [3.05, 3.63) is 59.7 Å². The van der Waals surface area contributed by atoms with Crippen molar-refractivity contribution in [1.29, 1.82) is 0 Å². The minimum absolute atomic E-state index is 0.0629. The molecule has 2 aromatic rings. The lowest BCUT2D eigenvalue weighted by molar-refractivity contribution is -0.145. The van der Waals surface area contributed by atoms with Crippen molar-refractivity contribution >= 4 is 18.0 Å². The van der Waals surface area contributed by atoms with E-state index in [4.69, 9.17) is 9.47 Å². The predicted octanol–water partition coefficient (Wildman–Crippen LogP) is 3.62. The number of benzene rings is 2. The van der Waals surface area contributed by atoms with Crippen LogP contribution in [0, 0.1) is 5.92 Å². The Bertz CT molecular complexity index is 942. The van der Waals surface area contributed by atoms with Gasteiger partial charge in [-0.1, -0.05) is 62.4 Å². The number of fused-ring (bicyclic) bond motifs is 3. The van der Waals surface area contributed by atoms with Gasteiger partial charge in [0.2, 0.25) is 5.91 Å². The van der Waals surface area contributed by atoms with Gasteiger partial charge in [-0.15, -0.1) is 0 Å². The Morgan fingerprint density at radius 2 is 1.47 bits per heavy atom. The zero-order valence-electron chi connectivity index (χ0n) is 18.9. The minimum Gasteiger partial charge on any atom is -0.467 e. The second kappa shape index (κ2) is 10.3. The molecule has 0 saturated carbocycles. The summed E-state index contributed by atoms with van der Waals surface area (Å²) in [6.45, 7) is 5.59. The van der Waals surface area contributed by atoms with E-state index in [-0.39, 0.29) is 18.4 Å². The molecule has 0 heterocycles. The lowest BCUT2D eigenvalue weighted by Gasteiger charge is -2.21. The third-order valence-electron chi connectivity index (χ3n) is 5.58. The number of rotatable bonds is 8. The van der Waals surface area contributed by atoms with Crippen LogP contribution in [-0.4, -0.2) is 43.8 Å². The molecular weight excluding hydrogens is 408 g/mol. The molecule has 7 nitrogen and oxygen atoms in total. The summed E-state index contributed by atoms with van der Waals surface area (Å²) >= 11 is 0. The van der Waals surface area contributed by atoms with E-state index < -0.39 is 30.1 Å². The minimum atomic E-state index is -0.870. The average molecular weight is 439 g/mol. The number of ether oxygens (including phenoxy) is 2. The maximum Gasteiger partial charge on any atom is 0.407 e. The zero-order valence-corrected chi connectivity index (χ0v) is 18.9. The molecule has 2 N–H and O–H groups in total. The molecule has 170 valence electrons. The lowest BCUT2D eigenvalue weighted by Crippen LogP contribution is -2.51. The molecule has 1 aliphatic carbocycles. The van der Waals surface area contributed by atoms with Gasteiger partial charge in [0, 0.05) is 5.92 Å². The fourth-order valence-electron chi connectivity index (χ4n) is 4.01. The molecule has 0 spiro atoms. The fourth-order valence-corrected chi connectivity index (χ4v) is 4.01. The third kappa shape index (κ3) is 5.28. The molecule has 0 bridgehead atoms. The lowest BCUT2D eigenvalue weighted by atomic mass is 9.98. The molecule has 0 saturated heterocycles. The molecule has 32 heavy (non-hydrogen) atoms. The van der Waals surface area contributed by atoms with Gasteiger partial charge < -0.3 is 20.1 Å². The molecule has 3 rings (SSSR count). The molecule has 2 aromatic carbocycles. The second-order valence-electron chi connectivity index (χ2n) is 8.41. The van der Waals surface area contributed by atoms with Crippen LogP contribution in [0.2, 0.25) is 0 Å². The molecule has 1 aliphatic rings. The monoisotopic (exact) mass is 438 g/mol. The number of methoxy groups -OCH3 is 1.